The van der Waals surface area contributed by atoms with E-state index in [4.69, 9.17) is 14.4 Å². The van der Waals surface area contributed by atoms with Crippen molar-refractivity contribution in [2.45, 2.75) is 6.92 Å². The van der Waals surface area contributed by atoms with Crippen LogP contribution in [0.15, 0.2) is 132 Å². The first kappa shape index (κ1) is 24.8. The van der Waals surface area contributed by atoms with Crippen molar-refractivity contribution in [2.24, 2.45) is 0 Å². The van der Waals surface area contributed by atoms with Crippen molar-refractivity contribution in [3.63, 3.8) is 0 Å². The summed E-state index contributed by atoms with van der Waals surface area (Å²) < 4.78 is 24.7. The lowest BCUT2D eigenvalue weighted by Crippen LogP contribution is -2.01. The molecule has 3 aromatic heterocycles. The molecule has 44 heavy (non-hydrogen) atoms. The number of fused-ring (bicyclic) bond motifs is 8. The molecule has 0 radical (unpaired) electrons. The summed E-state index contributed by atoms with van der Waals surface area (Å²) in [7, 11) is 0. The molecule has 0 amide bonds. The zero-order chi connectivity index (χ0) is 29.4. The fraction of sp³-hybridized carbons (Fsp3) is 0.0256. The molecule has 208 valence electrons. The second kappa shape index (κ2) is 9.35. The fourth-order valence-corrected chi connectivity index (χ4v) is 6.56. The summed E-state index contributed by atoms with van der Waals surface area (Å²) in [6.07, 6.45) is 0. The average molecular weight is 570 g/mol. The lowest BCUT2D eigenvalue weighted by atomic mass is 10.0. The minimum Gasteiger partial charge on any atom is -0.453 e. The number of benzene rings is 6. The standard InChI is InChI=1S/C39H24FN3O/c1-23-26-12-5-6-13-27(26)28-19-20-30-29-14-9-15-31(37(29)44-38(30)36(28)41-23)39-42-33-16-7-8-17-35(33)43(39)34-21-18-25(22-32(34)40)24-10-3-2-4-11-24/h2-22H,1H3. The Bertz CT molecular complexity index is 2580. The number of halogens is 1. The summed E-state index contributed by atoms with van der Waals surface area (Å²) in [4.78, 5) is 10.0. The summed E-state index contributed by atoms with van der Waals surface area (Å²) in [5.41, 5.74) is 7.80. The van der Waals surface area contributed by atoms with E-state index in [9.17, 15) is 0 Å². The lowest BCUT2D eigenvalue weighted by Gasteiger charge is -2.12. The van der Waals surface area contributed by atoms with Crippen LogP contribution in [0, 0.1) is 12.7 Å². The Morgan fingerprint density at radius 2 is 1.32 bits per heavy atom. The van der Waals surface area contributed by atoms with Crippen LogP contribution in [0.3, 0.4) is 0 Å². The van der Waals surface area contributed by atoms with Gasteiger partial charge in [-0.1, -0.05) is 91.0 Å². The Kier molecular flexibility index (Phi) is 5.26. The van der Waals surface area contributed by atoms with E-state index in [1.165, 1.54) is 0 Å². The van der Waals surface area contributed by atoms with Crippen molar-refractivity contribution in [1.29, 1.82) is 0 Å². The van der Waals surface area contributed by atoms with Crippen molar-refractivity contribution in [3.8, 4) is 28.2 Å². The molecule has 0 aliphatic heterocycles. The predicted octanol–water partition coefficient (Wildman–Crippen LogP) is 10.4. The molecule has 6 aromatic carbocycles. The molecule has 5 heteroatoms. The molecule has 0 saturated carbocycles. The fourth-order valence-electron chi connectivity index (χ4n) is 6.56. The van der Waals surface area contributed by atoms with Gasteiger partial charge in [-0.05, 0) is 59.8 Å². The van der Waals surface area contributed by atoms with Gasteiger partial charge < -0.3 is 4.42 Å². The molecule has 9 rings (SSSR count). The monoisotopic (exact) mass is 569 g/mol. The van der Waals surface area contributed by atoms with Gasteiger partial charge in [0, 0.05) is 27.2 Å². The number of rotatable bonds is 3. The number of hydrogen-bond acceptors (Lipinski definition) is 3. The highest BCUT2D eigenvalue weighted by molar-refractivity contribution is 6.20. The third-order valence-corrected chi connectivity index (χ3v) is 8.62. The Morgan fingerprint density at radius 3 is 2.18 bits per heavy atom. The minimum absolute atomic E-state index is 0.329. The van der Waals surface area contributed by atoms with E-state index in [1.54, 1.807) is 6.07 Å². The molecule has 0 atom stereocenters. The third-order valence-electron chi connectivity index (χ3n) is 8.62. The van der Waals surface area contributed by atoms with E-state index in [0.717, 1.165) is 71.4 Å². The van der Waals surface area contributed by atoms with Crippen LogP contribution in [-0.4, -0.2) is 14.5 Å². The van der Waals surface area contributed by atoms with Gasteiger partial charge in [-0.2, -0.15) is 0 Å². The van der Waals surface area contributed by atoms with E-state index in [1.807, 2.05) is 96.4 Å². The Balaban J connectivity index is 1.32. The molecule has 0 aliphatic rings. The molecule has 0 unspecified atom stereocenters. The van der Waals surface area contributed by atoms with Crippen LogP contribution in [0.5, 0.6) is 0 Å². The third kappa shape index (κ3) is 3.56. The van der Waals surface area contributed by atoms with Crippen molar-refractivity contribution < 1.29 is 8.81 Å². The number of aryl methyl sites for hydroxylation is 1. The Hall–Kier alpha value is -5.81. The van der Waals surface area contributed by atoms with Gasteiger partial charge in [0.15, 0.2) is 5.58 Å². The largest absolute Gasteiger partial charge is 0.453 e. The van der Waals surface area contributed by atoms with Crippen LogP contribution >= 0.6 is 0 Å². The van der Waals surface area contributed by atoms with Crippen LogP contribution in [0.1, 0.15) is 5.69 Å². The Labute approximate surface area is 251 Å². The van der Waals surface area contributed by atoms with E-state index in [2.05, 4.69) is 36.4 Å². The number of nitrogens with zero attached hydrogens (tertiary/aromatic N) is 3. The molecule has 3 heterocycles. The molecule has 4 nitrogen and oxygen atoms in total. The zero-order valence-electron chi connectivity index (χ0n) is 23.8. The quantitative estimate of drug-likeness (QED) is 0.199. The number of pyridine rings is 1. The van der Waals surface area contributed by atoms with E-state index in [-0.39, 0.29) is 5.82 Å². The van der Waals surface area contributed by atoms with Crippen molar-refractivity contribution in [1.82, 2.24) is 14.5 Å². The molecule has 0 spiro atoms. The van der Waals surface area contributed by atoms with Gasteiger partial charge in [-0.15, -0.1) is 0 Å². The van der Waals surface area contributed by atoms with Gasteiger partial charge >= 0.3 is 0 Å². The first-order valence-electron chi connectivity index (χ1n) is 14.6. The predicted molar refractivity (Wildman–Crippen MR) is 177 cm³/mol. The zero-order valence-corrected chi connectivity index (χ0v) is 23.8. The maximum absolute atomic E-state index is 16.1. The van der Waals surface area contributed by atoms with Crippen LogP contribution in [0.25, 0.3) is 82.8 Å². The van der Waals surface area contributed by atoms with Gasteiger partial charge in [0.2, 0.25) is 0 Å². The molecule has 0 saturated heterocycles. The van der Waals surface area contributed by atoms with Crippen molar-refractivity contribution in [2.75, 3.05) is 0 Å². The topological polar surface area (TPSA) is 43.9 Å². The lowest BCUT2D eigenvalue weighted by molar-refractivity contribution is 0.620. The number of hydrogen-bond donors (Lipinski definition) is 0. The highest BCUT2D eigenvalue weighted by Crippen LogP contribution is 2.41. The number of aromatic nitrogens is 3. The average Bonchev–Trinajstić information content (AvgIpc) is 3.64. The molecule has 0 aliphatic carbocycles. The maximum Gasteiger partial charge on any atom is 0.161 e. The maximum atomic E-state index is 16.1. The molecule has 0 bridgehead atoms. The van der Waals surface area contributed by atoms with Crippen LogP contribution in [0.4, 0.5) is 4.39 Å². The number of furan rings is 1. The molecular formula is C39H24FN3O. The Morgan fingerprint density at radius 1 is 0.591 bits per heavy atom. The summed E-state index contributed by atoms with van der Waals surface area (Å²) in [5, 5.41) is 5.27. The van der Waals surface area contributed by atoms with Gasteiger partial charge in [-0.3, -0.25) is 4.57 Å². The number of imidazole rings is 1. The highest BCUT2D eigenvalue weighted by Gasteiger charge is 2.22. The molecule has 0 fully saturated rings. The van der Waals surface area contributed by atoms with Gasteiger partial charge in [-0.25, -0.2) is 14.4 Å². The second-order valence-corrected chi connectivity index (χ2v) is 11.2. The SMILES string of the molecule is Cc1nc2c(ccc3c4cccc(-c5nc6ccccc6n5-c5ccc(-c6ccccc6)cc5F)c4oc32)c2ccccc12. The second-order valence-electron chi connectivity index (χ2n) is 11.2. The first-order chi connectivity index (χ1) is 21.7. The minimum atomic E-state index is -0.329. The van der Waals surface area contributed by atoms with Gasteiger partial charge in [0.05, 0.1) is 22.3 Å². The van der Waals surface area contributed by atoms with Crippen LogP contribution in [-0.2, 0) is 0 Å². The summed E-state index contributed by atoms with van der Waals surface area (Å²) in [5.74, 6) is 0.284. The van der Waals surface area contributed by atoms with Crippen LogP contribution < -0.4 is 0 Å². The molecular weight excluding hydrogens is 545 g/mol. The molecule has 9 aromatic rings. The molecule has 0 N–H and O–H groups in total. The number of para-hydroxylation sites is 3. The summed E-state index contributed by atoms with van der Waals surface area (Å²) in [6, 6.07) is 41.7. The van der Waals surface area contributed by atoms with Gasteiger partial charge in [0.25, 0.3) is 0 Å². The first-order valence-corrected chi connectivity index (χ1v) is 14.6. The summed E-state index contributed by atoms with van der Waals surface area (Å²) in [6.45, 7) is 2.04. The van der Waals surface area contributed by atoms with E-state index >= 15 is 4.39 Å². The smallest absolute Gasteiger partial charge is 0.161 e. The highest BCUT2D eigenvalue weighted by atomic mass is 19.1. The van der Waals surface area contributed by atoms with Crippen LogP contribution in [0.2, 0.25) is 0 Å². The summed E-state index contributed by atoms with van der Waals surface area (Å²) >= 11 is 0. The van der Waals surface area contributed by atoms with E-state index in [0.29, 0.717) is 17.1 Å². The van der Waals surface area contributed by atoms with Crippen molar-refractivity contribution >= 4 is 54.6 Å². The van der Waals surface area contributed by atoms with E-state index < -0.39 is 0 Å². The normalized spacial score (nSPS) is 11.9. The van der Waals surface area contributed by atoms with Crippen molar-refractivity contribution in [3.05, 3.63) is 139 Å². The van der Waals surface area contributed by atoms with Gasteiger partial charge in [0.1, 0.15) is 22.7 Å².